The van der Waals surface area contributed by atoms with Crippen LogP contribution in [-0.4, -0.2) is 69.5 Å². The maximum Gasteiger partial charge on any atom is 0.410 e. The largest absolute Gasteiger partial charge is 0.491 e. The molecule has 0 bridgehead atoms. The maximum absolute atomic E-state index is 12.4. The molecule has 0 spiro atoms. The van der Waals surface area contributed by atoms with Crippen LogP contribution in [0.25, 0.3) is 16.8 Å². The minimum Gasteiger partial charge on any atom is -0.491 e. The Kier molecular flexibility index (Phi) is 6.40. The molecule has 9 heteroatoms. The number of aromatic nitrogens is 4. The van der Waals surface area contributed by atoms with E-state index in [0.717, 1.165) is 41.1 Å². The summed E-state index contributed by atoms with van der Waals surface area (Å²) < 4.78 is 12.9. The molecule has 1 saturated heterocycles. The van der Waals surface area contributed by atoms with Crippen LogP contribution in [0.2, 0.25) is 0 Å². The molecule has 0 saturated carbocycles. The summed E-state index contributed by atoms with van der Waals surface area (Å²) in [6.07, 6.45) is 7.14. The molecule has 0 radical (unpaired) electrons. The van der Waals surface area contributed by atoms with Crippen molar-refractivity contribution >= 4 is 17.6 Å². The van der Waals surface area contributed by atoms with Crippen LogP contribution in [-0.2, 0) is 11.2 Å². The zero-order chi connectivity index (χ0) is 23.6. The summed E-state index contributed by atoms with van der Waals surface area (Å²) >= 11 is 0. The number of hydrogen-bond donors (Lipinski definition) is 0. The Morgan fingerprint density at radius 2 is 1.91 bits per heavy atom. The van der Waals surface area contributed by atoms with Crippen molar-refractivity contribution in [2.45, 2.75) is 46.1 Å². The van der Waals surface area contributed by atoms with Crippen molar-refractivity contribution < 1.29 is 14.3 Å². The zero-order valence-corrected chi connectivity index (χ0v) is 20.0. The SMILES string of the molecule is CCCc1ncccc1-c1cnn2cc(OC)c(N3CCN(C(=O)OC(C)(C)C)CC3)nc12. The first-order valence-corrected chi connectivity index (χ1v) is 11.4. The zero-order valence-electron chi connectivity index (χ0n) is 20.0. The first-order valence-electron chi connectivity index (χ1n) is 11.4. The van der Waals surface area contributed by atoms with Gasteiger partial charge in [0, 0.05) is 49.2 Å². The van der Waals surface area contributed by atoms with E-state index in [-0.39, 0.29) is 6.09 Å². The van der Waals surface area contributed by atoms with Gasteiger partial charge in [-0.15, -0.1) is 0 Å². The molecule has 1 aliphatic rings. The lowest BCUT2D eigenvalue weighted by Crippen LogP contribution is -2.50. The van der Waals surface area contributed by atoms with Crippen LogP contribution in [0.15, 0.2) is 30.7 Å². The highest BCUT2D eigenvalue weighted by Crippen LogP contribution is 2.32. The van der Waals surface area contributed by atoms with Crippen molar-refractivity contribution in [3.05, 3.63) is 36.4 Å². The van der Waals surface area contributed by atoms with Crippen molar-refractivity contribution in [1.29, 1.82) is 0 Å². The monoisotopic (exact) mass is 452 g/mol. The molecule has 1 amide bonds. The van der Waals surface area contributed by atoms with Gasteiger partial charge < -0.3 is 19.3 Å². The minimum atomic E-state index is -0.509. The molecule has 0 N–H and O–H groups in total. The first kappa shape index (κ1) is 22.8. The smallest absolute Gasteiger partial charge is 0.410 e. The van der Waals surface area contributed by atoms with E-state index in [1.807, 2.05) is 45.4 Å². The normalized spacial score (nSPS) is 14.6. The molecule has 4 heterocycles. The van der Waals surface area contributed by atoms with Crippen molar-refractivity contribution in [2.75, 3.05) is 38.2 Å². The first-order chi connectivity index (χ1) is 15.8. The second kappa shape index (κ2) is 9.25. The molecule has 0 aromatic carbocycles. The lowest BCUT2D eigenvalue weighted by Gasteiger charge is -2.36. The fourth-order valence-electron chi connectivity index (χ4n) is 3.99. The Morgan fingerprint density at radius 1 is 1.15 bits per heavy atom. The molecule has 4 rings (SSSR count). The number of fused-ring (bicyclic) bond motifs is 1. The van der Waals surface area contributed by atoms with Crippen molar-refractivity contribution in [3.63, 3.8) is 0 Å². The van der Waals surface area contributed by atoms with Gasteiger partial charge >= 0.3 is 6.09 Å². The Labute approximate surface area is 194 Å². The molecule has 3 aromatic heterocycles. The number of methoxy groups -OCH3 is 1. The highest BCUT2D eigenvalue weighted by molar-refractivity contribution is 5.80. The number of rotatable bonds is 5. The van der Waals surface area contributed by atoms with Crippen LogP contribution in [0.4, 0.5) is 10.6 Å². The van der Waals surface area contributed by atoms with E-state index < -0.39 is 5.60 Å². The molecular formula is C24H32N6O3. The van der Waals surface area contributed by atoms with Crippen LogP contribution in [0.3, 0.4) is 0 Å². The molecule has 0 aliphatic carbocycles. The highest BCUT2D eigenvalue weighted by Gasteiger charge is 2.28. The topological polar surface area (TPSA) is 85.1 Å². The lowest BCUT2D eigenvalue weighted by atomic mass is 10.0. The number of amides is 1. The lowest BCUT2D eigenvalue weighted by molar-refractivity contribution is 0.0240. The standard InChI is InChI=1S/C24H32N6O3/c1-6-8-19-17(9-7-10-25-19)18-15-26-30-16-20(32-5)22(27-21(18)30)28-11-13-29(14-12-28)23(31)33-24(2,3)4/h7,9-10,15-16H,6,8,11-14H2,1-5H3. The Hall–Kier alpha value is -3.36. The second-order valence-electron chi connectivity index (χ2n) is 9.16. The minimum absolute atomic E-state index is 0.282. The predicted octanol–water partition coefficient (Wildman–Crippen LogP) is 3.81. The number of nitrogens with zero attached hydrogens (tertiary/aromatic N) is 6. The van der Waals surface area contributed by atoms with Crippen LogP contribution in [0, 0.1) is 0 Å². The second-order valence-corrected chi connectivity index (χ2v) is 9.16. The van der Waals surface area contributed by atoms with E-state index in [0.29, 0.717) is 31.9 Å². The summed E-state index contributed by atoms with van der Waals surface area (Å²) in [5, 5.41) is 4.52. The van der Waals surface area contributed by atoms with Crippen molar-refractivity contribution in [3.8, 4) is 16.9 Å². The van der Waals surface area contributed by atoms with Gasteiger partial charge in [-0.3, -0.25) is 4.98 Å². The number of carbonyl (C=O) groups excluding carboxylic acids is 1. The highest BCUT2D eigenvalue weighted by atomic mass is 16.6. The van der Waals surface area contributed by atoms with Crippen molar-refractivity contribution in [1.82, 2.24) is 24.5 Å². The summed E-state index contributed by atoms with van der Waals surface area (Å²) in [6, 6.07) is 4.01. The van der Waals surface area contributed by atoms with E-state index in [1.165, 1.54) is 0 Å². The summed E-state index contributed by atoms with van der Waals surface area (Å²) in [5.41, 5.74) is 3.28. The molecule has 1 fully saturated rings. The van der Waals surface area contributed by atoms with Crippen LogP contribution in [0.5, 0.6) is 5.75 Å². The van der Waals surface area contributed by atoms with Gasteiger partial charge in [-0.1, -0.05) is 19.4 Å². The summed E-state index contributed by atoms with van der Waals surface area (Å²) in [6.45, 7) is 10.2. The number of anilines is 1. The average Bonchev–Trinajstić information content (AvgIpc) is 3.20. The van der Waals surface area contributed by atoms with Gasteiger partial charge in [0.15, 0.2) is 17.2 Å². The molecule has 33 heavy (non-hydrogen) atoms. The van der Waals surface area contributed by atoms with Gasteiger partial charge in [0.1, 0.15) is 5.60 Å². The van der Waals surface area contributed by atoms with Gasteiger partial charge in [0.25, 0.3) is 0 Å². The molecule has 176 valence electrons. The van der Waals surface area contributed by atoms with E-state index in [1.54, 1.807) is 16.5 Å². The molecule has 3 aromatic rings. The van der Waals surface area contributed by atoms with Gasteiger partial charge in [0.2, 0.25) is 0 Å². The number of hydrogen-bond acceptors (Lipinski definition) is 7. The van der Waals surface area contributed by atoms with Crippen LogP contribution in [0.1, 0.15) is 39.8 Å². The third-order valence-electron chi connectivity index (χ3n) is 5.56. The summed E-state index contributed by atoms with van der Waals surface area (Å²) in [5.74, 6) is 1.39. The summed E-state index contributed by atoms with van der Waals surface area (Å²) in [4.78, 5) is 25.9. The number of aryl methyl sites for hydroxylation is 1. The predicted molar refractivity (Wildman–Crippen MR) is 127 cm³/mol. The number of carbonyl (C=O) groups is 1. The van der Waals surface area contributed by atoms with Crippen molar-refractivity contribution in [2.24, 2.45) is 0 Å². The third kappa shape index (κ3) is 4.86. The fraction of sp³-hybridized carbons (Fsp3) is 0.500. The third-order valence-corrected chi connectivity index (χ3v) is 5.56. The van der Waals surface area contributed by atoms with E-state index >= 15 is 0 Å². The van der Waals surface area contributed by atoms with E-state index in [4.69, 9.17) is 14.5 Å². The molecule has 0 unspecified atom stereocenters. The van der Waals surface area contributed by atoms with Gasteiger partial charge in [0.05, 0.1) is 19.5 Å². The number of ether oxygens (including phenoxy) is 2. The van der Waals surface area contributed by atoms with Crippen LogP contribution >= 0.6 is 0 Å². The van der Waals surface area contributed by atoms with Gasteiger partial charge in [-0.25, -0.2) is 14.3 Å². The fourth-order valence-corrected chi connectivity index (χ4v) is 3.99. The van der Waals surface area contributed by atoms with Gasteiger partial charge in [-0.2, -0.15) is 5.10 Å². The molecular weight excluding hydrogens is 420 g/mol. The van der Waals surface area contributed by atoms with E-state index in [2.05, 4.69) is 28.0 Å². The van der Waals surface area contributed by atoms with Crippen LogP contribution < -0.4 is 9.64 Å². The summed E-state index contributed by atoms with van der Waals surface area (Å²) in [7, 11) is 1.63. The molecule has 1 aliphatic heterocycles. The van der Waals surface area contributed by atoms with E-state index in [9.17, 15) is 4.79 Å². The Morgan fingerprint density at radius 3 is 2.58 bits per heavy atom. The molecule has 0 atom stereocenters. The Bertz CT molecular complexity index is 1130. The van der Waals surface area contributed by atoms with Gasteiger partial charge in [-0.05, 0) is 33.3 Å². The molecule has 9 nitrogen and oxygen atoms in total. The number of piperazine rings is 1. The average molecular weight is 453 g/mol. The number of pyridine rings is 1. The Balaban J connectivity index is 1.63. The maximum atomic E-state index is 12.4. The quantitative estimate of drug-likeness (QED) is 0.582.